The van der Waals surface area contributed by atoms with E-state index in [1.165, 1.54) is 25.7 Å². The summed E-state index contributed by atoms with van der Waals surface area (Å²) in [5.41, 5.74) is 0. The predicted octanol–water partition coefficient (Wildman–Crippen LogP) is 1.05. The highest BCUT2D eigenvalue weighted by atomic mass is 16.2. The van der Waals surface area contributed by atoms with Crippen LogP contribution in [-0.2, 0) is 4.79 Å². The molecule has 3 atom stereocenters. The van der Waals surface area contributed by atoms with Crippen LogP contribution in [0.15, 0.2) is 18.5 Å². The third-order valence-corrected chi connectivity index (χ3v) is 5.59. The molecule has 6 heteroatoms. The van der Waals surface area contributed by atoms with E-state index in [4.69, 9.17) is 0 Å². The van der Waals surface area contributed by atoms with Gasteiger partial charge < -0.3 is 15.1 Å². The van der Waals surface area contributed by atoms with Gasteiger partial charge in [-0.15, -0.1) is 0 Å². The molecule has 0 bridgehead atoms. The van der Waals surface area contributed by atoms with E-state index in [1.54, 1.807) is 12.4 Å². The number of hydrogen-bond donors (Lipinski definition) is 1. The van der Waals surface area contributed by atoms with E-state index in [1.807, 2.05) is 11.0 Å². The first kappa shape index (κ1) is 14.9. The number of hydrogen-bond acceptors (Lipinski definition) is 5. The fraction of sp³-hybridized carbons (Fsp3) is 0.706. The molecule has 1 aliphatic carbocycles. The molecule has 4 rings (SSSR count). The van der Waals surface area contributed by atoms with E-state index < -0.39 is 0 Å². The van der Waals surface area contributed by atoms with Crippen LogP contribution in [0.3, 0.4) is 0 Å². The molecule has 1 aromatic heterocycles. The van der Waals surface area contributed by atoms with Gasteiger partial charge in [-0.25, -0.2) is 9.97 Å². The molecule has 23 heavy (non-hydrogen) atoms. The van der Waals surface area contributed by atoms with Crippen molar-refractivity contribution in [3.8, 4) is 0 Å². The van der Waals surface area contributed by atoms with E-state index in [0.29, 0.717) is 11.9 Å². The molecule has 0 spiro atoms. The molecule has 0 radical (unpaired) electrons. The number of nitrogens with one attached hydrogen (secondary N) is 1. The SMILES string of the molecule is O=C(C1CC2CCCCC2N1)N1CCN(c2ncccn2)CC1. The summed E-state index contributed by atoms with van der Waals surface area (Å²) in [6.07, 6.45) is 9.75. The first-order valence-corrected chi connectivity index (χ1v) is 8.88. The number of carbonyl (C=O) groups is 1. The van der Waals surface area contributed by atoms with Crippen LogP contribution in [0.4, 0.5) is 5.95 Å². The third kappa shape index (κ3) is 3.04. The normalized spacial score (nSPS) is 31.0. The Morgan fingerprint density at radius 3 is 2.57 bits per heavy atom. The van der Waals surface area contributed by atoms with Crippen molar-refractivity contribution in [2.75, 3.05) is 31.1 Å². The summed E-state index contributed by atoms with van der Waals surface area (Å²) >= 11 is 0. The minimum atomic E-state index is 0.0441. The Morgan fingerprint density at radius 2 is 1.83 bits per heavy atom. The van der Waals surface area contributed by atoms with Crippen molar-refractivity contribution in [1.29, 1.82) is 0 Å². The fourth-order valence-corrected chi connectivity index (χ4v) is 4.31. The van der Waals surface area contributed by atoms with Crippen LogP contribution in [0.5, 0.6) is 0 Å². The highest BCUT2D eigenvalue weighted by Gasteiger charge is 2.40. The largest absolute Gasteiger partial charge is 0.338 e. The molecule has 1 N–H and O–H groups in total. The number of nitrogens with zero attached hydrogens (tertiary/aromatic N) is 4. The maximum atomic E-state index is 12.8. The Morgan fingerprint density at radius 1 is 1.09 bits per heavy atom. The van der Waals surface area contributed by atoms with Gasteiger partial charge >= 0.3 is 0 Å². The lowest BCUT2D eigenvalue weighted by Crippen LogP contribution is -2.53. The maximum Gasteiger partial charge on any atom is 0.239 e. The molecule has 1 amide bonds. The van der Waals surface area contributed by atoms with E-state index in [9.17, 15) is 4.79 Å². The number of anilines is 1. The molecule has 1 saturated carbocycles. The monoisotopic (exact) mass is 315 g/mol. The Labute approximate surface area is 137 Å². The lowest BCUT2D eigenvalue weighted by molar-refractivity contribution is -0.133. The van der Waals surface area contributed by atoms with Crippen molar-refractivity contribution in [2.45, 2.75) is 44.2 Å². The number of aromatic nitrogens is 2. The van der Waals surface area contributed by atoms with Crippen molar-refractivity contribution < 1.29 is 4.79 Å². The summed E-state index contributed by atoms with van der Waals surface area (Å²) in [6.45, 7) is 3.17. The van der Waals surface area contributed by atoms with Gasteiger partial charge in [-0.2, -0.15) is 0 Å². The zero-order chi connectivity index (χ0) is 15.6. The van der Waals surface area contributed by atoms with Crippen molar-refractivity contribution in [1.82, 2.24) is 20.2 Å². The highest BCUT2D eigenvalue weighted by molar-refractivity contribution is 5.82. The zero-order valence-electron chi connectivity index (χ0n) is 13.5. The van der Waals surface area contributed by atoms with Crippen molar-refractivity contribution >= 4 is 11.9 Å². The van der Waals surface area contributed by atoms with Crippen molar-refractivity contribution in [3.05, 3.63) is 18.5 Å². The smallest absolute Gasteiger partial charge is 0.239 e. The highest BCUT2D eigenvalue weighted by Crippen LogP contribution is 2.33. The first-order valence-electron chi connectivity index (χ1n) is 8.88. The Bertz CT molecular complexity index is 529. The molecule has 3 fully saturated rings. The average Bonchev–Trinajstić information content (AvgIpc) is 3.06. The van der Waals surface area contributed by atoms with Crippen molar-refractivity contribution in [2.24, 2.45) is 5.92 Å². The van der Waals surface area contributed by atoms with E-state index >= 15 is 0 Å². The summed E-state index contributed by atoms with van der Waals surface area (Å²) < 4.78 is 0. The van der Waals surface area contributed by atoms with Crippen LogP contribution in [0.2, 0.25) is 0 Å². The van der Waals surface area contributed by atoms with E-state index in [-0.39, 0.29) is 6.04 Å². The van der Waals surface area contributed by atoms with Crippen LogP contribution in [-0.4, -0.2) is 59.0 Å². The average molecular weight is 315 g/mol. The van der Waals surface area contributed by atoms with Gasteiger partial charge in [0.15, 0.2) is 0 Å². The summed E-state index contributed by atoms with van der Waals surface area (Å²) in [6, 6.07) is 2.45. The summed E-state index contributed by atoms with van der Waals surface area (Å²) in [5, 5.41) is 3.60. The van der Waals surface area contributed by atoms with Gasteiger partial charge in [0.25, 0.3) is 0 Å². The van der Waals surface area contributed by atoms with Gasteiger partial charge in [0.05, 0.1) is 6.04 Å². The molecular formula is C17H25N5O. The molecule has 3 unspecified atom stereocenters. The van der Waals surface area contributed by atoms with Gasteiger partial charge in [-0.05, 0) is 31.2 Å². The van der Waals surface area contributed by atoms with Crippen molar-refractivity contribution in [3.63, 3.8) is 0 Å². The van der Waals surface area contributed by atoms with Gasteiger partial charge in [0, 0.05) is 44.6 Å². The molecule has 0 aromatic carbocycles. The second kappa shape index (κ2) is 6.43. The second-order valence-corrected chi connectivity index (χ2v) is 6.97. The quantitative estimate of drug-likeness (QED) is 0.884. The van der Waals surface area contributed by atoms with Gasteiger partial charge in [0.2, 0.25) is 11.9 Å². The van der Waals surface area contributed by atoms with Gasteiger partial charge in [-0.1, -0.05) is 12.8 Å². The maximum absolute atomic E-state index is 12.8. The van der Waals surface area contributed by atoms with E-state index in [0.717, 1.165) is 44.5 Å². The second-order valence-electron chi connectivity index (χ2n) is 6.97. The fourth-order valence-electron chi connectivity index (χ4n) is 4.31. The molecule has 6 nitrogen and oxygen atoms in total. The van der Waals surface area contributed by atoms with Crippen LogP contribution >= 0.6 is 0 Å². The number of amides is 1. The molecule has 1 aromatic rings. The van der Waals surface area contributed by atoms with Gasteiger partial charge in [-0.3, -0.25) is 4.79 Å². The first-order chi connectivity index (χ1) is 11.3. The van der Waals surface area contributed by atoms with Crippen LogP contribution < -0.4 is 10.2 Å². The Hall–Kier alpha value is -1.69. The van der Waals surface area contributed by atoms with E-state index in [2.05, 4.69) is 20.2 Å². The minimum Gasteiger partial charge on any atom is -0.338 e. The summed E-state index contributed by atoms with van der Waals surface area (Å²) in [7, 11) is 0. The lowest BCUT2D eigenvalue weighted by atomic mass is 9.85. The summed E-state index contributed by atoms with van der Waals surface area (Å²) in [4.78, 5) is 25.6. The number of fused-ring (bicyclic) bond motifs is 1. The number of carbonyl (C=O) groups excluding carboxylic acids is 1. The molecular weight excluding hydrogens is 290 g/mol. The molecule has 2 aliphatic heterocycles. The lowest BCUT2D eigenvalue weighted by Gasteiger charge is -2.36. The van der Waals surface area contributed by atoms with Crippen LogP contribution in [0.25, 0.3) is 0 Å². The Balaban J connectivity index is 1.33. The zero-order valence-corrected chi connectivity index (χ0v) is 13.5. The molecule has 2 saturated heterocycles. The predicted molar refractivity (Wildman–Crippen MR) is 88.1 cm³/mol. The van der Waals surface area contributed by atoms with Crippen LogP contribution in [0.1, 0.15) is 32.1 Å². The number of rotatable bonds is 2. The third-order valence-electron chi connectivity index (χ3n) is 5.59. The molecule has 3 aliphatic rings. The molecule has 124 valence electrons. The molecule has 3 heterocycles. The summed E-state index contributed by atoms with van der Waals surface area (Å²) in [5.74, 6) is 1.79. The number of piperazine rings is 1. The topological polar surface area (TPSA) is 61.4 Å². The van der Waals surface area contributed by atoms with Crippen LogP contribution in [0, 0.1) is 5.92 Å². The standard InChI is InChI=1S/C17H25N5O/c23-16(15-12-13-4-1-2-5-14(13)20-15)21-8-10-22(11-9-21)17-18-6-3-7-19-17/h3,6-7,13-15,20H,1-2,4-5,8-12H2. The minimum absolute atomic E-state index is 0.0441. The van der Waals surface area contributed by atoms with Gasteiger partial charge in [0.1, 0.15) is 0 Å². The Kier molecular flexibility index (Phi) is 4.16.